The Labute approximate surface area is 293 Å². The zero-order valence-electron chi connectivity index (χ0n) is 27.4. The molecule has 270 valence electrons. The Morgan fingerprint density at radius 2 is 1.23 bits per heavy atom. The van der Waals surface area contributed by atoms with Crippen LogP contribution in [0, 0.1) is 6.92 Å². The van der Waals surface area contributed by atoms with E-state index in [1.807, 2.05) is 0 Å². The lowest BCUT2D eigenvalue weighted by Gasteiger charge is -2.26. The lowest BCUT2D eigenvalue weighted by Crippen LogP contribution is -2.35. The largest absolute Gasteiger partial charge is 0.508 e. The highest BCUT2D eigenvalue weighted by molar-refractivity contribution is 6.04. The summed E-state index contributed by atoms with van der Waals surface area (Å²) in [5.74, 6) is -5.59. The number of carbonyl (C=O) groups is 4. The van der Waals surface area contributed by atoms with Crippen LogP contribution in [0.15, 0.2) is 75.9 Å². The Bertz CT molecular complexity index is 2180. The number of aliphatic carboxylic acids is 4. The van der Waals surface area contributed by atoms with Crippen molar-refractivity contribution in [3.05, 3.63) is 82.5 Å². The molecule has 1 aliphatic heterocycles. The van der Waals surface area contributed by atoms with Crippen LogP contribution in [0.25, 0.3) is 33.4 Å². The number of anilines is 2. The Kier molecular flexibility index (Phi) is 10.7. The van der Waals surface area contributed by atoms with Crippen molar-refractivity contribution < 1.29 is 63.7 Å². The molecule has 5 rings (SSSR count). The molecule has 0 fully saturated rings. The quantitative estimate of drug-likeness (QED) is 0.0630. The van der Waals surface area contributed by atoms with E-state index in [4.69, 9.17) is 13.9 Å². The van der Waals surface area contributed by atoms with Gasteiger partial charge in [-0.1, -0.05) is 6.07 Å². The third-order valence-corrected chi connectivity index (χ3v) is 7.72. The molecule has 0 amide bonds. The Balaban J connectivity index is 1.57. The lowest BCUT2D eigenvalue weighted by molar-refractivity contribution is -0.138. The number of hydrogen-bond acceptors (Lipinski definition) is 12. The molecule has 0 bridgehead atoms. The van der Waals surface area contributed by atoms with Crippen molar-refractivity contribution in [1.82, 2.24) is 0 Å². The second-order valence-electron chi connectivity index (χ2n) is 11.6. The van der Waals surface area contributed by atoms with Gasteiger partial charge in [-0.2, -0.15) is 0 Å². The summed E-state index contributed by atoms with van der Waals surface area (Å²) in [4.78, 5) is 60.8. The number of carboxylic acid groups (broad SMARTS) is 4. The second kappa shape index (κ2) is 15.3. The first-order chi connectivity index (χ1) is 24.7. The summed E-state index contributed by atoms with van der Waals surface area (Å²) in [5.41, 5.74) is 1.49. The minimum absolute atomic E-state index is 0.0666. The molecule has 52 heavy (non-hydrogen) atoms. The van der Waals surface area contributed by atoms with Gasteiger partial charge in [0.15, 0.2) is 5.43 Å². The van der Waals surface area contributed by atoms with Gasteiger partial charge in [-0.15, -0.1) is 0 Å². The van der Waals surface area contributed by atoms with Gasteiger partial charge in [-0.05, 0) is 55.0 Å². The highest BCUT2D eigenvalue weighted by atomic mass is 16.5. The number of aromatic hydroxyl groups is 2. The third-order valence-electron chi connectivity index (χ3n) is 7.72. The molecule has 3 aromatic carbocycles. The third kappa shape index (κ3) is 8.42. The van der Waals surface area contributed by atoms with Crippen molar-refractivity contribution in [2.24, 2.45) is 0 Å². The van der Waals surface area contributed by atoms with Crippen molar-refractivity contribution in [2.45, 2.75) is 6.92 Å². The number of ether oxygens (including phenoxy) is 2. The predicted octanol–water partition coefficient (Wildman–Crippen LogP) is 3.69. The topological polar surface area (TPSA) is 245 Å². The maximum Gasteiger partial charge on any atom is 0.323 e. The molecule has 1 heterocycles. The number of carboxylic acids is 4. The molecule has 0 saturated heterocycles. The Hall–Kier alpha value is -6.97. The molecule has 0 unspecified atom stereocenters. The van der Waals surface area contributed by atoms with Crippen molar-refractivity contribution in [3.8, 4) is 45.4 Å². The molecule has 2 aliphatic rings. The summed E-state index contributed by atoms with van der Waals surface area (Å²) in [7, 11) is 0. The van der Waals surface area contributed by atoms with Crippen LogP contribution in [0.5, 0.6) is 23.0 Å². The molecule has 1 aliphatic carbocycles. The summed E-state index contributed by atoms with van der Waals surface area (Å²) in [6, 6.07) is 15.5. The Morgan fingerprint density at radius 1 is 0.654 bits per heavy atom. The molecule has 0 radical (unpaired) electrons. The van der Waals surface area contributed by atoms with E-state index in [1.54, 1.807) is 19.1 Å². The van der Waals surface area contributed by atoms with Crippen LogP contribution in [0.3, 0.4) is 0 Å². The number of hydrogen-bond donors (Lipinski definition) is 6. The molecule has 0 atom stereocenters. The molecular weight excluding hydrogens is 684 g/mol. The SMILES string of the molecule is Cc1ccc(N(CC(=O)O)CC(=O)O)c(OCCOc2cc(-c3c4ccc(=O)cc-4oc4cc(O)ccc34)c(O)cc2N(CC(=O)O)CC(=O)O)c1. The fourth-order valence-electron chi connectivity index (χ4n) is 5.68. The van der Waals surface area contributed by atoms with Gasteiger partial charge in [-0.25, -0.2) is 0 Å². The van der Waals surface area contributed by atoms with Gasteiger partial charge in [0.25, 0.3) is 0 Å². The molecule has 0 aromatic heterocycles. The van der Waals surface area contributed by atoms with Gasteiger partial charge in [0.1, 0.15) is 73.7 Å². The number of phenols is 2. The fourth-order valence-corrected chi connectivity index (χ4v) is 5.68. The van der Waals surface area contributed by atoms with E-state index in [0.717, 1.165) is 21.4 Å². The normalized spacial score (nSPS) is 10.9. The first-order valence-corrected chi connectivity index (χ1v) is 15.5. The van der Waals surface area contributed by atoms with Gasteiger partial charge in [0.2, 0.25) is 0 Å². The van der Waals surface area contributed by atoms with E-state index in [1.165, 1.54) is 48.5 Å². The first kappa shape index (κ1) is 36.3. The van der Waals surface area contributed by atoms with Gasteiger partial charge < -0.3 is 54.3 Å². The zero-order valence-corrected chi connectivity index (χ0v) is 27.4. The van der Waals surface area contributed by atoms with Crippen LogP contribution < -0.4 is 24.7 Å². The first-order valence-electron chi connectivity index (χ1n) is 15.5. The van der Waals surface area contributed by atoms with Gasteiger partial charge in [0, 0.05) is 40.3 Å². The van der Waals surface area contributed by atoms with Crippen LogP contribution in [0.1, 0.15) is 5.56 Å². The molecule has 3 aromatic rings. The summed E-state index contributed by atoms with van der Waals surface area (Å²) >= 11 is 0. The summed E-state index contributed by atoms with van der Waals surface area (Å²) in [5, 5.41) is 59.9. The summed E-state index contributed by atoms with van der Waals surface area (Å²) in [6.45, 7) is -1.54. The van der Waals surface area contributed by atoms with Crippen molar-refractivity contribution in [1.29, 1.82) is 0 Å². The average molecular weight is 717 g/mol. The minimum Gasteiger partial charge on any atom is -0.508 e. The number of benzene rings is 4. The van der Waals surface area contributed by atoms with Crippen molar-refractivity contribution >= 4 is 46.2 Å². The molecule has 6 N–H and O–H groups in total. The Morgan fingerprint density at radius 3 is 1.83 bits per heavy atom. The van der Waals surface area contributed by atoms with Crippen molar-refractivity contribution in [3.63, 3.8) is 0 Å². The molecule has 16 nitrogen and oxygen atoms in total. The van der Waals surface area contributed by atoms with E-state index < -0.39 is 55.8 Å². The smallest absolute Gasteiger partial charge is 0.323 e. The second-order valence-corrected chi connectivity index (χ2v) is 11.6. The van der Waals surface area contributed by atoms with E-state index in [2.05, 4.69) is 0 Å². The van der Waals surface area contributed by atoms with Crippen LogP contribution in [0.4, 0.5) is 11.4 Å². The van der Waals surface area contributed by atoms with E-state index in [0.29, 0.717) is 16.5 Å². The number of phenolic OH excluding ortho intramolecular Hbond substituents is 2. The van der Waals surface area contributed by atoms with E-state index in [9.17, 15) is 54.6 Å². The lowest BCUT2D eigenvalue weighted by atomic mass is 9.92. The number of nitrogens with zero attached hydrogens (tertiary/aromatic N) is 2. The summed E-state index contributed by atoms with van der Waals surface area (Å²) in [6.07, 6.45) is 0. The standard InChI is InChI=1S/C36H32N2O14/c1-19-2-7-25(37(15-32(42)43)16-33(44)45)30(10-19)50-8-9-51-31-13-24(27(41)14-26(31)38(17-34(46)47)18-35(48)49)36-22-5-3-20(39)11-28(22)52-29-12-21(40)4-6-23(29)36/h2-7,10-14,39,41H,8-9,15-18H2,1H3,(H,42,43)(H,44,45)(H,46,47)(H,48,49). The highest BCUT2D eigenvalue weighted by Gasteiger charge is 2.26. The van der Waals surface area contributed by atoms with Gasteiger partial charge >= 0.3 is 23.9 Å². The van der Waals surface area contributed by atoms with Crippen LogP contribution in [-0.2, 0) is 19.2 Å². The maximum atomic E-state index is 12.2. The van der Waals surface area contributed by atoms with Crippen LogP contribution in [-0.4, -0.2) is 93.9 Å². The molecule has 0 spiro atoms. The monoisotopic (exact) mass is 716 g/mol. The molecular formula is C36H32N2O14. The minimum atomic E-state index is -1.37. The summed E-state index contributed by atoms with van der Waals surface area (Å²) < 4.78 is 17.9. The van der Waals surface area contributed by atoms with Crippen LogP contribution >= 0.6 is 0 Å². The van der Waals surface area contributed by atoms with E-state index >= 15 is 0 Å². The number of rotatable bonds is 16. The van der Waals surface area contributed by atoms with E-state index in [-0.39, 0.29) is 64.2 Å². The maximum absolute atomic E-state index is 12.2. The average Bonchev–Trinajstić information content (AvgIpc) is 3.04. The fraction of sp³-hybridized carbons (Fsp3) is 0.194. The predicted molar refractivity (Wildman–Crippen MR) is 185 cm³/mol. The number of aryl methyl sites for hydroxylation is 1. The molecule has 0 saturated carbocycles. The van der Waals surface area contributed by atoms with Gasteiger partial charge in [0.05, 0.1) is 11.4 Å². The van der Waals surface area contributed by atoms with Crippen molar-refractivity contribution in [2.75, 3.05) is 49.2 Å². The van der Waals surface area contributed by atoms with Gasteiger partial charge in [-0.3, -0.25) is 24.0 Å². The molecule has 16 heteroatoms. The zero-order chi connectivity index (χ0) is 37.7. The van der Waals surface area contributed by atoms with Crippen LogP contribution in [0.2, 0.25) is 0 Å². The highest BCUT2D eigenvalue weighted by Crippen LogP contribution is 2.47. The number of fused-ring (bicyclic) bond motifs is 2.